The second-order valence-electron chi connectivity index (χ2n) is 4.52. The maximum atomic E-state index is 12.3. The van der Waals surface area contributed by atoms with Crippen LogP contribution in [0.15, 0.2) is 16.6 Å². The summed E-state index contributed by atoms with van der Waals surface area (Å²) in [5.74, 6) is 0. The van der Waals surface area contributed by atoms with E-state index in [-0.39, 0.29) is 16.7 Å². The molecular formula is C11H16ClN3O3S2. The van der Waals surface area contributed by atoms with Crippen molar-refractivity contribution in [2.45, 2.75) is 37.3 Å². The monoisotopic (exact) mass is 337 g/mol. The Balaban J connectivity index is 2.31. The van der Waals surface area contributed by atoms with Crippen LogP contribution in [0.5, 0.6) is 0 Å². The fourth-order valence-electron chi connectivity index (χ4n) is 1.78. The lowest BCUT2D eigenvalue weighted by molar-refractivity contribution is 0.0377. The van der Waals surface area contributed by atoms with E-state index in [4.69, 9.17) is 11.6 Å². The molecule has 2 rings (SSSR count). The zero-order valence-electron chi connectivity index (χ0n) is 11.1. The molecule has 2 N–H and O–H groups in total. The Bertz CT molecular complexity index is 704. The molecule has 0 amide bonds. The SMILES string of the molecule is CCC(O)(CC)CNS(=O)(=O)c1c(Cl)nc2sccn12. The average Bonchev–Trinajstić information content (AvgIpc) is 2.95. The van der Waals surface area contributed by atoms with Crippen LogP contribution in [0.1, 0.15) is 26.7 Å². The summed E-state index contributed by atoms with van der Waals surface area (Å²) in [7, 11) is -3.83. The number of thiazole rings is 1. The molecule has 0 aliphatic heterocycles. The molecule has 0 radical (unpaired) electrons. The van der Waals surface area contributed by atoms with E-state index in [1.54, 1.807) is 25.4 Å². The summed E-state index contributed by atoms with van der Waals surface area (Å²) in [6.07, 6.45) is 2.51. The highest BCUT2D eigenvalue weighted by Gasteiger charge is 2.29. The van der Waals surface area contributed by atoms with Crippen LogP contribution in [-0.4, -0.2) is 35.1 Å². The van der Waals surface area contributed by atoms with Gasteiger partial charge in [0.15, 0.2) is 15.1 Å². The van der Waals surface area contributed by atoms with Crippen molar-refractivity contribution in [2.24, 2.45) is 0 Å². The van der Waals surface area contributed by atoms with E-state index in [1.807, 2.05) is 0 Å². The third kappa shape index (κ3) is 2.84. The molecule has 20 heavy (non-hydrogen) atoms. The van der Waals surface area contributed by atoms with Crippen molar-refractivity contribution in [1.29, 1.82) is 0 Å². The van der Waals surface area contributed by atoms with E-state index in [2.05, 4.69) is 9.71 Å². The smallest absolute Gasteiger partial charge is 0.259 e. The molecule has 0 unspecified atom stereocenters. The maximum absolute atomic E-state index is 12.3. The molecule has 2 aromatic heterocycles. The first kappa shape index (κ1) is 15.7. The van der Waals surface area contributed by atoms with E-state index in [9.17, 15) is 13.5 Å². The molecular weight excluding hydrogens is 322 g/mol. The average molecular weight is 338 g/mol. The minimum atomic E-state index is -3.83. The predicted octanol–water partition coefficient (Wildman–Crippen LogP) is 1.88. The molecule has 0 aromatic carbocycles. The van der Waals surface area contributed by atoms with Crippen LogP contribution in [0.4, 0.5) is 0 Å². The number of rotatable bonds is 6. The molecule has 0 aliphatic carbocycles. The third-order valence-electron chi connectivity index (χ3n) is 3.34. The minimum Gasteiger partial charge on any atom is -0.389 e. The maximum Gasteiger partial charge on any atom is 0.259 e. The number of sulfonamides is 1. The van der Waals surface area contributed by atoms with Gasteiger partial charge in [-0.1, -0.05) is 25.4 Å². The highest BCUT2D eigenvalue weighted by atomic mass is 35.5. The second-order valence-corrected chi connectivity index (χ2v) is 7.43. The van der Waals surface area contributed by atoms with E-state index in [0.29, 0.717) is 17.8 Å². The number of nitrogens with one attached hydrogen (secondary N) is 1. The van der Waals surface area contributed by atoms with Gasteiger partial charge in [0.2, 0.25) is 0 Å². The second kappa shape index (κ2) is 5.61. The van der Waals surface area contributed by atoms with Crippen molar-refractivity contribution in [3.8, 4) is 0 Å². The van der Waals surface area contributed by atoms with Crippen LogP contribution in [0, 0.1) is 0 Å². The van der Waals surface area contributed by atoms with Crippen molar-refractivity contribution in [2.75, 3.05) is 6.54 Å². The van der Waals surface area contributed by atoms with Crippen molar-refractivity contribution in [3.63, 3.8) is 0 Å². The van der Waals surface area contributed by atoms with Gasteiger partial charge >= 0.3 is 0 Å². The van der Waals surface area contributed by atoms with Gasteiger partial charge < -0.3 is 5.11 Å². The van der Waals surface area contributed by atoms with Gasteiger partial charge in [0.05, 0.1) is 5.60 Å². The first-order valence-corrected chi connectivity index (χ1v) is 8.90. The fourth-order valence-corrected chi connectivity index (χ4v) is 4.34. The zero-order chi connectivity index (χ0) is 15.0. The summed E-state index contributed by atoms with van der Waals surface area (Å²) in [4.78, 5) is 4.50. The highest BCUT2D eigenvalue weighted by Crippen LogP contribution is 2.25. The summed E-state index contributed by atoms with van der Waals surface area (Å²) in [5.41, 5.74) is -1.06. The lowest BCUT2D eigenvalue weighted by Crippen LogP contribution is -2.42. The Morgan fingerprint density at radius 2 is 2.15 bits per heavy atom. The molecule has 0 saturated heterocycles. The summed E-state index contributed by atoms with van der Waals surface area (Å²) in [6.45, 7) is 3.55. The van der Waals surface area contributed by atoms with E-state index < -0.39 is 15.6 Å². The molecule has 6 nitrogen and oxygen atoms in total. The van der Waals surface area contributed by atoms with Crippen LogP contribution < -0.4 is 4.72 Å². The Morgan fingerprint density at radius 3 is 2.75 bits per heavy atom. The summed E-state index contributed by atoms with van der Waals surface area (Å²) >= 11 is 7.20. The Hall–Kier alpha value is -0.670. The van der Waals surface area contributed by atoms with Crippen molar-refractivity contribution in [3.05, 3.63) is 16.7 Å². The van der Waals surface area contributed by atoms with Crippen molar-refractivity contribution in [1.82, 2.24) is 14.1 Å². The van der Waals surface area contributed by atoms with E-state index in [1.165, 1.54) is 15.7 Å². The molecule has 9 heteroatoms. The fraction of sp³-hybridized carbons (Fsp3) is 0.545. The van der Waals surface area contributed by atoms with Gasteiger partial charge in [-0.15, -0.1) is 11.3 Å². The number of imidazole rings is 1. The van der Waals surface area contributed by atoms with E-state index >= 15 is 0 Å². The molecule has 2 heterocycles. The van der Waals surface area contributed by atoms with Crippen molar-refractivity contribution >= 4 is 37.9 Å². The van der Waals surface area contributed by atoms with Gasteiger partial charge in [0.1, 0.15) is 0 Å². The molecule has 2 aromatic rings. The van der Waals surface area contributed by atoms with Gasteiger partial charge in [-0.2, -0.15) is 0 Å². The van der Waals surface area contributed by atoms with Gasteiger partial charge in [-0.3, -0.25) is 4.40 Å². The zero-order valence-corrected chi connectivity index (χ0v) is 13.5. The topological polar surface area (TPSA) is 83.7 Å². The van der Waals surface area contributed by atoms with Gasteiger partial charge in [0, 0.05) is 18.1 Å². The Kier molecular flexibility index (Phi) is 4.41. The highest BCUT2D eigenvalue weighted by molar-refractivity contribution is 7.89. The van der Waals surface area contributed by atoms with Crippen LogP contribution in [0.25, 0.3) is 4.96 Å². The molecule has 0 aliphatic rings. The normalized spacial score (nSPS) is 13.2. The summed E-state index contributed by atoms with van der Waals surface area (Å²) in [5, 5.41) is 11.7. The lowest BCUT2D eigenvalue weighted by atomic mass is 9.98. The molecule has 0 spiro atoms. The van der Waals surface area contributed by atoms with Crippen LogP contribution in [0.3, 0.4) is 0 Å². The Labute approximate surface area is 126 Å². The van der Waals surface area contributed by atoms with Crippen LogP contribution >= 0.6 is 22.9 Å². The van der Waals surface area contributed by atoms with Gasteiger partial charge in [0.25, 0.3) is 10.0 Å². The first-order valence-electron chi connectivity index (χ1n) is 6.16. The number of fused-ring (bicyclic) bond motifs is 1. The number of halogens is 1. The van der Waals surface area contributed by atoms with Gasteiger partial charge in [-0.25, -0.2) is 18.1 Å². The summed E-state index contributed by atoms with van der Waals surface area (Å²) in [6, 6.07) is 0. The molecule has 0 fully saturated rings. The quantitative estimate of drug-likeness (QED) is 0.843. The summed E-state index contributed by atoms with van der Waals surface area (Å²) < 4.78 is 28.5. The minimum absolute atomic E-state index is 0.0595. The van der Waals surface area contributed by atoms with Gasteiger partial charge in [-0.05, 0) is 12.8 Å². The predicted molar refractivity (Wildman–Crippen MR) is 78.8 cm³/mol. The molecule has 0 bridgehead atoms. The number of hydrogen-bond acceptors (Lipinski definition) is 5. The van der Waals surface area contributed by atoms with Crippen molar-refractivity contribution < 1.29 is 13.5 Å². The standard InChI is InChI=1S/C11H16ClN3O3S2/c1-3-11(16,4-2)7-13-20(17,18)9-8(12)14-10-15(9)5-6-19-10/h5-6,13,16H,3-4,7H2,1-2H3. The number of hydrogen-bond donors (Lipinski definition) is 2. The Morgan fingerprint density at radius 1 is 1.50 bits per heavy atom. The molecule has 112 valence electrons. The number of aromatic nitrogens is 2. The largest absolute Gasteiger partial charge is 0.389 e. The van der Waals surface area contributed by atoms with E-state index in [0.717, 1.165) is 0 Å². The third-order valence-corrected chi connectivity index (χ3v) is 5.90. The van der Waals surface area contributed by atoms with Crippen LogP contribution in [0.2, 0.25) is 5.15 Å². The number of nitrogens with zero attached hydrogens (tertiary/aromatic N) is 2. The van der Waals surface area contributed by atoms with Crippen LogP contribution in [-0.2, 0) is 10.0 Å². The lowest BCUT2D eigenvalue weighted by Gasteiger charge is -2.25. The first-order chi connectivity index (χ1) is 9.33. The molecule has 0 atom stereocenters. The number of aliphatic hydroxyl groups is 1. The molecule has 0 saturated carbocycles.